The van der Waals surface area contributed by atoms with E-state index in [1.165, 1.54) is 7.11 Å². The van der Waals surface area contributed by atoms with Crippen LogP contribution in [0.4, 0.5) is 0 Å². The van der Waals surface area contributed by atoms with Gasteiger partial charge >= 0.3 is 0 Å². The molecule has 4 aromatic rings. The molecule has 0 saturated carbocycles. The number of nitrogens with zero attached hydrogens (tertiary/aromatic N) is 3. The second kappa shape index (κ2) is 10.1. The Balaban J connectivity index is 1.83. The van der Waals surface area contributed by atoms with E-state index in [0.717, 1.165) is 5.56 Å². The van der Waals surface area contributed by atoms with Gasteiger partial charge < -0.3 is 14.4 Å². The van der Waals surface area contributed by atoms with E-state index in [1.807, 2.05) is 31.2 Å². The molecule has 1 atom stereocenters. The van der Waals surface area contributed by atoms with Crippen LogP contribution in [-0.4, -0.2) is 41.6 Å². The standard InChI is InChI=1S/C30H33N3O4/c1-19(32(5)28(34)20-11-13-21(14-12-20)30(2,3)4)27-31-24-9-8-10-25(37-7)26(24)29(35)33(27)22-15-17-23(36-6)18-16-22/h8-19H,1-7H3. The number of amides is 1. The quantitative estimate of drug-likeness (QED) is 0.349. The van der Waals surface area contributed by atoms with Crippen LogP contribution in [0.25, 0.3) is 16.6 Å². The number of ether oxygens (including phenoxy) is 2. The molecule has 0 fully saturated rings. The Hall–Kier alpha value is -4.13. The van der Waals surface area contributed by atoms with Gasteiger partial charge in [0.05, 0.1) is 31.5 Å². The van der Waals surface area contributed by atoms with E-state index in [1.54, 1.807) is 66.1 Å². The van der Waals surface area contributed by atoms with Crippen molar-refractivity contribution in [2.45, 2.75) is 39.2 Å². The molecule has 0 aliphatic heterocycles. The van der Waals surface area contributed by atoms with Crippen molar-refractivity contribution in [1.29, 1.82) is 0 Å². The minimum Gasteiger partial charge on any atom is -0.497 e. The third kappa shape index (κ3) is 4.94. The molecule has 0 N–H and O–H groups in total. The maximum atomic E-state index is 13.9. The first-order valence-corrected chi connectivity index (χ1v) is 12.2. The normalized spacial score (nSPS) is 12.3. The molecule has 0 spiro atoms. The molecule has 1 unspecified atom stereocenters. The van der Waals surface area contributed by atoms with Crippen molar-refractivity contribution >= 4 is 16.8 Å². The number of rotatable bonds is 6. The lowest BCUT2D eigenvalue weighted by Crippen LogP contribution is -2.35. The topological polar surface area (TPSA) is 73.7 Å². The van der Waals surface area contributed by atoms with E-state index >= 15 is 0 Å². The highest BCUT2D eigenvalue weighted by Crippen LogP contribution is 2.28. The van der Waals surface area contributed by atoms with Crippen LogP contribution >= 0.6 is 0 Å². The predicted molar refractivity (Wildman–Crippen MR) is 146 cm³/mol. The van der Waals surface area contributed by atoms with Crippen LogP contribution in [0.15, 0.2) is 71.5 Å². The highest BCUT2D eigenvalue weighted by atomic mass is 16.5. The number of carbonyl (C=O) groups excluding carboxylic acids is 1. The van der Waals surface area contributed by atoms with Gasteiger partial charge in [-0.15, -0.1) is 0 Å². The predicted octanol–water partition coefficient (Wildman–Crippen LogP) is 5.53. The number of carbonyl (C=O) groups is 1. The van der Waals surface area contributed by atoms with Crippen LogP contribution in [0.1, 0.15) is 55.5 Å². The molecule has 0 bridgehead atoms. The van der Waals surface area contributed by atoms with E-state index in [9.17, 15) is 9.59 Å². The first kappa shape index (κ1) is 25.9. The summed E-state index contributed by atoms with van der Waals surface area (Å²) >= 11 is 0. The number of hydrogen-bond donors (Lipinski definition) is 0. The molecule has 192 valence electrons. The Bertz CT molecular complexity index is 1480. The highest BCUT2D eigenvalue weighted by Gasteiger charge is 2.26. The second-order valence-corrected chi connectivity index (χ2v) is 10.1. The second-order valence-electron chi connectivity index (χ2n) is 10.1. The lowest BCUT2D eigenvalue weighted by atomic mass is 9.86. The van der Waals surface area contributed by atoms with Crippen molar-refractivity contribution in [3.63, 3.8) is 0 Å². The van der Waals surface area contributed by atoms with Gasteiger partial charge in [-0.1, -0.05) is 39.0 Å². The van der Waals surface area contributed by atoms with E-state index in [2.05, 4.69) is 20.8 Å². The van der Waals surface area contributed by atoms with Crippen LogP contribution in [-0.2, 0) is 5.41 Å². The van der Waals surface area contributed by atoms with Crippen molar-refractivity contribution in [3.8, 4) is 17.2 Å². The third-order valence-corrected chi connectivity index (χ3v) is 6.71. The van der Waals surface area contributed by atoms with Gasteiger partial charge in [0, 0.05) is 12.6 Å². The fraction of sp³-hybridized carbons (Fsp3) is 0.300. The van der Waals surface area contributed by atoms with Crippen LogP contribution in [0.5, 0.6) is 11.5 Å². The van der Waals surface area contributed by atoms with E-state index in [4.69, 9.17) is 14.5 Å². The molecule has 1 aromatic heterocycles. The summed E-state index contributed by atoms with van der Waals surface area (Å²) < 4.78 is 12.3. The first-order chi connectivity index (χ1) is 17.6. The molecule has 37 heavy (non-hydrogen) atoms. The molecule has 7 heteroatoms. The average Bonchev–Trinajstić information content (AvgIpc) is 2.91. The van der Waals surface area contributed by atoms with Crippen molar-refractivity contribution in [3.05, 3.63) is 94.0 Å². The highest BCUT2D eigenvalue weighted by molar-refractivity contribution is 5.94. The van der Waals surface area contributed by atoms with Gasteiger partial charge in [0.2, 0.25) is 0 Å². The van der Waals surface area contributed by atoms with Crippen molar-refractivity contribution in [2.75, 3.05) is 21.3 Å². The van der Waals surface area contributed by atoms with Gasteiger partial charge in [-0.3, -0.25) is 14.2 Å². The molecule has 1 amide bonds. The van der Waals surface area contributed by atoms with Gasteiger partial charge in [0.25, 0.3) is 11.5 Å². The summed E-state index contributed by atoms with van der Waals surface area (Å²) in [5, 5.41) is 0.378. The van der Waals surface area contributed by atoms with E-state index in [0.29, 0.717) is 39.5 Å². The summed E-state index contributed by atoms with van der Waals surface area (Å²) in [5.41, 5.74) is 2.56. The lowest BCUT2D eigenvalue weighted by molar-refractivity contribution is 0.0735. The molecule has 3 aromatic carbocycles. The molecule has 4 rings (SSSR count). The number of benzene rings is 3. The van der Waals surface area contributed by atoms with E-state index < -0.39 is 6.04 Å². The van der Waals surface area contributed by atoms with Gasteiger partial charge in [0.15, 0.2) is 0 Å². The Morgan fingerprint density at radius 1 is 0.946 bits per heavy atom. The summed E-state index contributed by atoms with van der Waals surface area (Å²) in [5.74, 6) is 1.40. The summed E-state index contributed by atoms with van der Waals surface area (Å²) in [6, 6.07) is 19.6. The SMILES string of the molecule is COc1ccc(-n2c(C(C)N(C)C(=O)c3ccc(C(C)(C)C)cc3)nc3cccc(OC)c3c2=O)cc1. The average molecular weight is 500 g/mol. The Labute approximate surface area is 217 Å². The van der Waals surface area contributed by atoms with Crippen LogP contribution in [0, 0.1) is 0 Å². The molecule has 0 aliphatic rings. The smallest absolute Gasteiger partial charge is 0.269 e. The van der Waals surface area contributed by atoms with Crippen LogP contribution in [0.3, 0.4) is 0 Å². The molecular formula is C30H33N3O4. The summed E-state index contributed by atoms with van der Waals surface area (Å²) in [6.45, 7) is 8.28. The zero-order valence-electron chi connectivity index (χ0n) is 22.4. The molecule has 0 saturated heterocycles. The van der Waals surface area contributed by atoms with Crippen LogP contribution in [0.2, 0.25) is 0 Å². The fourth-order valence-corrected chi connectivity index (χ4v) is 4.31. The molecular weight excluding hydrogens is 466 g/mol. The summed E-state index contributed by atoms with van der Waals surface area (Å²) in [6.07, 6.45) is 0. The third-order valence-electron chi connectivity index (χ3n) is 6.71. The number of fused-ring (bicyclic) bond motifs is 1. The molecule has 0 radical (unpaired) electrons. The van der Waals surface area contributed by atoms with Crippen LogP contribution < -0.4 is 15.0 Å². The monoisotopic (exact) mass is 499 g/mol. The zero-order valence-corrected chi connectivity index (χ0v) is 22.4. The number of aromatic nitrogens is 2. The Kier molecular flexibility index (Phi) is 7.07. The van der Waals surface area contributed by atoms with E-state index in [-0.39, 0.29) is 16.9 Å². The number of hydrogen-bond acceptors (Lipinski definition) is 5. The van der Waals surface area contributed by atoms with Gasteiger partial charge in [-0.25, -0.2) is 4.98 Å². The van der Waals surface area contributed by atoms with Crippen molar-refractivity contribution in [2.24, 2.45) is 0 Å². The molecule has 7 nitrogen and oxygen atoms in total. The maximum absolute atomic E-state index is 13.9. The first-order valence-electron chi connectivity index (χ1n) is 12.2. The summed E-state index contributed by atoms with van der Waals surface area (Å²) in [4.78, 5) is 33.8. The zero-order chi connectivity index (χ0) is 26.9. The minimum atomic E-state index is -0.514. The van der Waals surface area contributed by atoms with Crippen molar-refractivity contribution < 1.29 is 14.3 Å². The number of methoxy groups -OCH3 is 2. The van der Waals surface area contributed by atoms with Gasteiger partial charge in [0.1, 0.15) is 22.7 Å². The molecule has 1 heterocycles. The maximum Gasteiger partial charge on any atom is 0.269 e. The fourth-order valence-electron chi connectivity index (χ4n) is 4.31. The lowest BCUT2D eigenvalue weighted by Gasteiger charge is -2.27. The van der Waals surface area contributed by atoms with Gasteiger partial charge in [-0.2, -0.15) is 0 Å². The van der Waals surface area contributed by atoms with Crippen molar-refractivity contribution in [1.82, 2.24) is 14.5 Å². The minimum absolute atomic E-state index is 0.00865. The van der Waals surface area contributed by atoms with Gasteiger partial charge in [-0.05, 0) is 66.4 Å². The Morgan fingerprint density at radius 3 is 2.16 bits per heavy atom. The Morgan fingerprint density at radius 2 is 1.59 bits per heavy atom. The largest absolute Gasteiger partial charge is 0.497 e. The summed E-state index contributed by atoms with van der Waals surface area (Å²) in [7, 11) is 4.84. The molecule has 0 aliphatic carbocycles.